The second-order valence-corrected chi connectivity index (χ2v) is 7.50. The van der Waals surface area contributed by atoms with Crippen LogP contribution in [0.25, 0.3) is 0 Å². The molecule has 1 aliphatic rings. The van der Waals surface area contributed by atoms with Crippen LogP contribution in [0.2, 0.25) is 5.02 Å². The zero-order valence-electron chi connectivity index (χ0n) is 13.6. The van der Waals surface area contributed by atoms with Gasteiger partial charge >= 0.3 is 0 Å². The third-order valence-electron chi connectivity index (χ3n) is 4.14. The van der Waals surface area contributed by atoms with Crippen LogP contribution in [0.15, 0.2) is 12.1 Å². The lowest BCUT2D eigenvalue weighted by Gasteiger charge is -2.34. The quantitative estimate of drug-likeness (QED) is 0.864. The summed E-state index contributed by atoms with van der Waals surface area (Å²) in [6.45, 7) is 9.56. The summed E-state index contributed by atoms with van der Waals surface area (Å²) in [7, 11) is 0. The fraction of sp³-hybridized carbons (Fsp3) is 0.706. The second-order valence-electron chi connectivity index (χ2n) is 7.10. The van der Waals surface area contributed by atoms with Gasteiger partial charge in [0.2, 0.25) is 5.88 Å². The zero-order valence-corrected chi connectivity index (χ0v) is 14.3. The third-order valence-corrected chi connectivity index (χ3v) is 4.49. The Kier molecular flexibility index (Phi) is 5.50. The van der Waals surface area contributed by atoms with E-state index in [1.54, 1.807) is 0 Å². The number of hydrogen-bond donors (Lipinski definition) is 1. The molecule has 1 aromatic heterocycles. The van der Waals surface area contributed by atoms with Crippen molar-refractivity contribution in [2.45, 2.75) is 72.1 Å². The molecule has 0 radical (unpaired) electrons. The fourth-order valence-electron chi connectivity index (χ4n) is 2.62. The first-order valence-corrected chi connectivity index (χ1v) is 8.29. The summed E-state index contributed by atoms with van der Waals surface area (Å²) in [5, 5.41) is 4.04. The predicted molar refractivity (Wildman–Crippen MR) is 87.9 cm³/mol. The number of nitrogens with one attached hydrogen (secondary N) is 1. The van der Waals surface area contributed by atoms with Crippen molar-refractivity contribution < 1.29 is 4.74 Å². The minimum atomic E-state index is 0.289. The summed E-state index contributed by atoms with van der Waals surface area (Å²) in [6.07, 6.45) is 4.94. The van der Waals surface area contributed by atoms with Crippen LogP contribution in [0.3, 0.4) is 0 Å². The molecule has 118 valence electrons. The van der Waals surface area contributed by atoms with Crippen molar-refractivity contribution in [3.63, 3.8) is 0 Å². The van der Waals surface area contributed by atoms with E-state index in [-0.39, 0.29) is 6.10 Å². The monoisotopic (exact) mass is 310 g/mol. The Bertz CT molecular complexity index is 464. The highest BCUT2D eigenvalue weighted by atomic mass is 35.5. The van der Waals surface area contributed by atoms with Crippen molar-refractivity contribution in [3.8, 4) is 5.88 Å². The van der Waals surface area contributed by atoms with E-state index in [2.05, 4.69) is 38.0 Å². The molecule has 1 N–H and O–H groups in total. The highest BCUT2D eigenvalue weighted by molar-refractivity contribution is 6.31. The van der Waals surface area contributed by atoms with Crippen molar-refractivity contribution in [2.24, 2.45) is 5.41 Å². The maximum absolute atomic E-state index is 6.20. The first-order chi connectivity index (χ1) is 9.85. The van der Waals surface area contributed by atoms with Crippen LogP contribution in [0, 0.1) is 5.41 Å². The molecule has 0 amide bonds. The molecule has 1 saturated carbocycles. The Balaban J connectivity index is 1.96. The smallest absolute Gasteiger partial charge is 0.213 e. The molecule has 3 nitrogen and oxygen atoms in total. The van der Waals surface area contributed by atoms with E-state index in [0.29, 0.717) is 28.9 Å². The van der Waals surface area contributed by atoms with Gasteiger partial charge in [0, 0.05) is 18.7 Å². The van der Waals surface area contributed by atoms with Crippen LogP contribution in [-0.2, 0) is 6.54 Å². The van der Waals surface area contributed by atoms with Crippen LogP contribution in [0.1, 0.15) is 59.1 Å². The number of aromatic nitrogens is 1. The maximum atomic E-state index is 6.20. The van der Waals surface area contributed by atoms with Gasteiger partial charge in [-0.2, -0.15) is 0 Å². The van der Waals surface area contributed by atoms with Crippen molar-refractivity contribution in [3.05, 3.63) is 22.8 Å². The van der Waals surface area contributed by atoms with Gasteiger partial charge in [-0.3, -0.25) is 0 Å². The van der Waals surface area contributed by atoms with E-state index in [1.807, 2.05) is 12.1 Å². The van der Waals surface area contributed by atoms with E-state index < -0.39 is 0 Å². The molecule has 21 heavy (non-hydrogen) atoms. The molecular formula is C17H27ClN2O. The van der Waals surface area contributed by atoms with E-state index >= 15 is 0 Å². The van der Waals surface area contributed by atoms with Gasteiger partial charge in [0.15, 0.2) is 0 Å². The molecule has 1 heterocycles. The summed E-state index contributed by atoms with van der Waals surface area (Å²) in [5.41, 5.74) is 1.32. The Morgan fingerprint density at radius 3 is 2.62 bits per heavy atom. The summed E-state index contributed by atoms with van der Waals surface area (Å²) in [6, 6.07) is 4.17. The standard InChI is InChI=1S/C17H27ClN2O/c1-12(2)19-11-15-14(18)5-6-16(20-15)21-13-7-9-17(3,4)10-8-13/h5-6,12-13,19H,7-11H2,1-4H3. The van der Waals surface area contributed by atoms with Gasteiger partial charge in [-0.1, -0.05) is 39.3 Å². The molecule has 0 aromatic carbocycles. The van der Waals surface area contributed by atoms with Crippen LogP contribution < -0.4 is 10.1 Å². The number of ether oxygens (including phenoxy) is 1. The minimum absolute atomic E-state index is 0.289. The van der Waals surface area contributed by atoms with Crippen molar-refractivity contribution in [1.82, 2.24) is 10.3 Å². The molecule has 1 aromatic rings. The number of rotatable bonds is 5. The van der Waals surface area contributed by atoms with Gasteiger partial charge in [-0.25, -0.2) is 4.98 Å². The topological polar surface area (TPSA) is 34.2 Å². The molecule has 1 fully saturated rings. The molecule has 4 heteroatoms. The van der Waals surface area contributed by atoms with Crippen LogP contribution >= 0.6 is 11.6 Å². The molecule has 0 spiro atoms. The highest BCUT2D eigenvalue weighted by Crippen LogP contribution is 2.36. The molecule has 0 saturated heterocycles. The molecule has 2 rings (SSSR count). The fourth-order valence-corrected chi connectivity index (χ4v) is 2.79. The van der Waals surface area contributed by atoms with E-state index in [0.717, 1.165) is 18.5 Å². The number of pyridine rings is 1. The highest BCUT2D eigenvalue weighted by Gasteiger charge is 2.28. The second kappa shape index (κ2) is 6.97. The van der Waals surface area contributed by atoms with Gasteiger partial charge < -0.3 is 10.1 Å². The molecule has 1 aliphatic carbocycles. The van der Waals surface area contributed by atoms with Crippen molar-refractivity contribution in [2.75, 3.05) is 0 Å². The SMILES string of the molecule is CC(C)NCc1nc(OC2CCC(C)(C)CC2)ccc1Cl. The van der Waals surface area contributed by atoms with Gasteiger partial charge in [-0.05, 0) is 37.2 Å². The summed E-state index contributed by atoms with van der Waals surface area (Å²) < 4.78 is 6.05. The van der Waals surface area contributed by atoms with E-state index in [9.17, 15) is 0 Å². The Hall–Kier alpha value is -0.800. The number of hydrogen-bond acceptors (Lipinski definition) is 3. The van der Waals surface area contributed by atoms with Gasteiger partial charge in [0.05, 0.1) is 10.7 Å². The predicted octanol–water partition coefficient (Wildman–Crippen LogP) is 4.58. The average Bonchev–Trinajstić information content (AvgIpc) is 2.41. The third kappa shape index (κ3) is 5.15. The Morgan fingerprint density at radius 2 is 2.00 bits per heavy atom. The van der Waals surface area contributed by atoms with Gasteiger partial charge in [0.25, 0.3) is 0 Å². The van der Waals surface area contributed by atoms with Crippen molar-refractivity contribution >= 4 is 11.6 Å². The number of halogens is 1. The van der Waals surface area contributed by atoms with E-state index in [1.165, 1.54) is 12.8 Å². The summed E-state index contributed by atoms with van der Waals surface area (Å²) in [4.78, 5) is 4.56. The van der Waals surface area contributed by atoms with Gasteiger partial charge in [0.1, 0.15) is 6.10 Å². The van der Waals surface area contributed by atoms with Crippen LogP contribution in [0.5, 0.6) is 5.88 Å². The Morgan fingerprint density at radius 1 is 1.33 bits per heavy atom. The lowest BCUT2D eigenvalue weighted by atomic mass is 9.76. The largest absolute Gasteiger partial charge is 0.474 e. The molecule has 0 unspecified atom stereocenters. The first kappa shape index (κ1) is 16.6. The lowest BCUT2D eigenvalue weighted by molar-refractivity contribution is 0.0947. The minimum Gasteiger partial charge on any atom is -0.474 e. The van der Waals surface area contributed by atoms with Crippen LogP contribution in [0.4, 0.5) is 0 Å². The lowest BCUT2D eigenvalue weighted by Crippen LogP contribution is -2.28. The Labute approximate surface area is 133 Å². The summed E-state index contributed by atoms with van der Waals surface area (Å²) >= 11 is 6.20. The first-order valence-electron chi connectivity index (χ1n) is 7.91. The summed E-state index contributed by atoms with van der Waals surface area (Å²) in [5.74, 6) is 0.699. The maximum Gasteiger partial charge on any atom is 0.213 e. The molecule has 0 aliphatic heterocycles. The molecule has 0 bridgehead atoms. The molecular weight excluding hydrogens is 284 g/mol. The van der Waals surface area contributed by atoms with Gasteiger partial charge in [-0.15, -0.1) is 0 Å². The number of nitrogens with zero attached hydrogens (tertiary/aromatic N) is 1. The van der Waals surface area contributed by atoms with Crippen LogP contribution in [-0.4, -0.2) is 17.1 Å². The zero-order chi connectivity index (χ0) is 15.5. The van der Waals surface area contributed by atoms with E-state index in [4.69, 9.17) is 16.3 Å². The normalized spacial score (nSPS) is 19.0. The average molecular weight is 311 g/mol. The van der Waals surface area contributed by atoms with Crippen molar-refractivity contribution in [1.29, 1.82) is 0 Å². The molecule has 0 atom stereocenters.